The topological polar surface area (TPSA) is 54.9 Å². The lowest BCUT2D eigenvalue weighted by atomic mass is 10.1. The number of amides is 1. The molecule has 0 atom stereocenters. The molecular formula is C11H11N3OS2. The summed E-state index contributed by atoms with van der Waals surface area (Å²) in [5, 5.41) is 8.60. The van der Waals surface area contributed by atoms with Gasteiger partial charge in [-0.2, -0.15) is 12.6 Å². The Kier molecular flexibility index (Phi) is 4.11. The molecule has 0 bridgehead atoms. The van der Waals surface area contributed by atoms with Crippen LogP contribution in [0.4, 0.5) is 0 Å². The third kappa shape index (κ3) is 3.04. The summed E-state index contributed by atoms with van der Waals surface area (Å²) in [6.07, 6.45) is 0. The smallest absolute Gasteiger partial charge is 0.251 e. The van der Waals surface area contributed by atoms with Gasteiger partial charge >= 0.3 is 0 Å². The van der Waals surface area contributed by atoms with Gasteiger partial charge in [-0.3, -0.25) is 4.79 Å². The maximum Gasteiger partial charge on any atom is 0.251 e. The Hall–Kier alpha value is -1.40. The quantitative estimate of drug-likeness (QED) is 0.830. The molecule has 17 heavy (non-hydrogen) atoms. The zero-order chi connectivity index (χ0) is 12.1. The second kappa shape index (κ2) is 5.79. The number of benzene rings is 1. The zero-order valence-corrected chi connectivity index (χ0v) is 10.7. The largest absolute Gasteiger partial charge is 0.351 e. The van der Waals surface area contributed by atoms with Gasteiger partial charge in [-0.25, -0.2) is 0 Å². The fourth-order valence-electron chi connectivity index (χ4n) is 1.35. The van der Waals surface area contributed by atoms with Crippen LogP contribution in [0.25, 0.3) is 11.3 Å². The van der Waals surface area contributed by atoms with Gasteiger partial charge in [-0.1, -0.05) is 16.6 Å². The standard InChI is InChI=1S/C11H11N3OS2/c15-11(12-5-6-16)9-3-1-8(2-4-9)10-7-17-14-13-10/h1-4,7,16H,5-6H2,(H,12,15). The van der Waals surface area contributed by atoms with Crippen LogP contribution in [0.3, 0.4) is 0 Å². The van der Waals surface area contributed by atoms with Crippen molar-refractivity contribution in [2.45, 2.75) is 0 Å². The minimum Gasteiger partial charge on any atom is -0.351 e. The van der Waals surface area contributed by atoms with E-state index in [2.05, 4.69) is 27.5 Å². The summed E-state index contributed by atoms with van der Waals surface area (Å²) in [4.78, 5) is 11.6. The lowest BCUT2D eigenvalue weighted by molar-refractivity contribution is 0.0956. The highest BCUT2D eigenvalue weighted by Gasteiger charge is 2.05. The van der Waals surface area contributed by atoms with Crippen LogP contribution in [0.1, 0.15) is 10.4 Å². The fraction of sp³-hybridized carbons (Fsp3) is 0.182. The number of carbonyl (C=O) groups is 1. The van der Waals surface area contributed by atoms with Crippen LogP contribution in [0.15, 0.2) is 29.6 Å². The average Bonchev–Trinajstić information content (AvgIpc) is 2.90. The maximum absolute atomic E-state index is 11.6. The SMILES string of the molecule is O=C(NCCS)c1ccc(-c2csnn2)cc1. The molecule has 1 aromatic heterocycles. The van der Waals surface area contributed by atoms with E-state index in [1.807, 2.05) is 17.5 Å². The van der Waals surface area contributed by atoms with Crippen LogP contribution in [0.5, 0.6) is 0 Å². The highest BCUT2D eigenvalue weighted by molar-refractivity contribution is 7.80. The fourth-order valence-corrected chi connectivity index (χ4v) is 1.93. The van der Waals surface area contributed by atoms with Crippen molar-refractivity contribution in [3.8, 4) is 11.3 Å². The van der Waals surface area contributed by atoms with E-state index in [0.29, 0.717) is 17.9 Å². The van der Waals surface area contributed by atoms with Gasteiger partial charge in [-0.15, -0.1) is 5.10 Å². The first kappa shape index (κ1) is 12.1. The van der Waals surface area contributed by atoms with E-state index in [-0.39, 0.29) is 5.91 Å². The molecule has 6 heteroatoms. The number of carbonyl (C=O) groups excluding carboxylic acids is 1. The van der Waals surface area contributed by atoms with Gasteiger partial charge in [0, 0.05) is 28.8 Å². The summed E-state index contributed by atoms with van der Waals surface area (Å²) in [7, 11) is 0. The molecular weight excluding hydrogens is 254 g/mol. The van der Waals surface area contributed by atoms with Crippen LogP contribution < -0.4 is 5.32 Å². The first-order chi connectivity index (χ1) is 8.31. The van der Waals surface area contributed by atoms with E-state index in [9.17, 15) is 4.79 Å². The summed E-state index contributed by atoms with van der Waals surface area (Å²) < 4.78 is 3.80. The van der Waals surface area contributed by atoms with Crippen molar-refractivity contribution in [3.63, 3.8) is 0 Å². The molecule has 1 heterocycles. The van der Waals surface area contributed by atoms with Crippen molar-refractivity contribution in [2.75, 3.05) is 12.3 Å². The van der Waals surface area contributed by atoms with Crippen molar-refractivity contribution in [1.29, 1.82) is 0 Å². The molecule has 1 N–H and O–H groups in total. The summed E-state index contributed by atoms with van der Waals surface area (Å²) >= 11 is 5.34. The van der Waals surface area contributed by atoms with Gasteiger partial charge in [-0.05, 0) is 23.7 Å². The molecule has 0 saturated carbocycles. The Morgan fingerprint density at radius 3 is 2.71 bits per heavy atom. The van der Waals surface area contributed by atoms with Crippen LogP contribution in [-0.2, 0) is 0 Å². The lowest BCUT2D eigenvalue weighted by Gasteiger charge is -2.03. The van der Waals surface area contributed by atoms with Gasteiger partial charge < -0.3 is 5.32 Å². The molecule has 0 aliphatic heterocycles. The van der Waals surface area contributed by atoms with Crippen molar-refractivity contribution in [1.82, 2.24) is 14.9 Å². The van der Waals surface area contributed by atoms with Gasteiger partial charge in [0.15, 0.2) is 0 Å². The van der Waals surface area contributed by atoms with Gasteiger partial charge in [0.05, 0.1) is 0 Å². The third-order valence-electron chi connectivity index (χ3n) is 2.20. The molecule has 2 aromatic rings. The highest BCUT2D eigenvalue weighted by Crippen LogP contribution is 2.17. The molecule has 1 aromatic carbocycles. The van der Waals surface area contributed by atoms with Gasteiger partial charge in [0.1, 0.15) is 5.69 Å². The molecule has 4 nitrogen and oxygen atoms in total. The van der Waals surface area contributed by atoms with E-state index in [4.69, 9.17) is 0 Å². The maximum atomic E-state index is 11.6. The predicted molar refractivity (Wildman–Crippen MR) is 71.5 cm³/mol. The number of nitrogens with one attached hydrogen (secondary N) is 1. The van der Waals surface area contributed by atoms with E-state index in [1.165, 1.54) is 11.5 Å². The molecule has 2 rings (SSSR count). The van der Waals surface area contributed by atoms with E-state index < -0.39 is 0 Å². The number of thiol groups is 1. The number of nitrogens with zero attached hydrogens (tertiary/aromatic N) is 2. The highest BCUT2D eigenvalue weighted by atomic mass is 32.1. The summed E-state index contributed by atoms with van der Waals surface area (Å²) in [5.41, 5.74) is 2.43. The molecule has 0 spiro atoms. The number of aromatic nitrogens is 2. The number of rotatable bonds is 4. The molecule has 0 unspecified atom stereocenters. The van der Waals surface area contributed by atoms with Crippen LogP contribution in [0, 0.1) is 0 Å². The van der Waals surface area contributed by atoms with Crippen LogP contribution in [0.2, 0.25) is 0 Å². The second-order valence-electron chi connectivity index (χ2n) is 3.35. The normalized spacial score (nSPS) is 10.2. The van der Waals surface area contributed by atoms with Crippen molar-refractivity contribution in [2.24, 2.45) is 0 Å². The summed E-state index contributed by atoms with van der Waals surface area (Å²) in [5.74, 6) is 0.552. The molecule has 0 radical (unpaired) electrons. The molecule has 1 amide bonds. The Labute approximate surface area is 109 Å². The zero-order valence-electron chi connectivity index (χ0n) is 8.96. The minimum atomic E-state index is -0.0815. The molecule has 0 aliphatic rings. The summed E-state index contributed by atoms with van der Waals surface area (Å²) in [6, 6.07) is 7.30. The second-order valence-corrected chi connectivity index (χ2v) is 4.40. The van der Waals surface area contributed by atoms with Gasteiger partial charge in [0.2, 0.25) is 0 Å². The Bertz CT molecular complexity index is 482. The van der Waals surface area contributed by atoms with Crippen molar-refractivity contribution in [3.05, 3.63) is 35.2 Å². The van der Waals surface area contributed by atoms with Crippen LogP contribution >= 0.6 is 24.2 Å². The molecule has 88 valence electrons. The third-order valence-corrected chi connectivity index (χ3v) is 2.93. The predicted octanol–water partition coefficient (Wildman–Crippen LogP) is 1.86. The first-order valence-electron chi connectivity index (χ1n) is 5.08. The van der Waals surface area contributed by atoms with E-state index in [0.717, 1.165) is 11.3 Å². The minimum absolute atomic E-state index is 0.0815. The Morgan fingerprint density at radius 2 is 2.12 bits per heavy atom. The van der Waals surface area contributed by atoms with Crippen molar-refractivity contribution >= 4 is 30.1 Å². The Balaban J connectivity index is 2.10. The molecule has 0 fully saturated rings. The van der Waals surface area contributed by atoms with E-state index in [1.54, 1.807) is 12.1 Å². The molecule has 0 aliphatic carbocycles. The van der Waals surface area contributed by atoms with Crippen molar-refractivity contribution < 1.29 is 4.79 Å². The van der Waals surface area contributed by atoms with Crippen LogP contribution in [-0.4, -0.2) is 27.8 Å². The molecule has 0 saturated heterocycles. The monoisotopic (exact) mass is 265 g/mol. The number of hydrogen-bond donors (Lipinski definition) is 2. The average molecular weight is 265 g/mol. The first-order valence-corrected chi connectivity index (χ1v) is 6.54. The van der Waals surface area contributed by atoms with Gasteiger partial charge in [0.25, 0.3) is 5.91 Å². The Morgan fingerprint density at radius 1 is 1.35 bits per heavy atom. The lowest BCUT2D eigenvalue weighted by Crippen LogP contribution is -2.25. The summed E-state index contributed by atoms with van der Waals surface area (Å²) in [6.45, 7) is 0.569. The van der Waals surface area contributed by atoms with E-state index >= 15 is 0 Å². The number of hydrogen-bond acceptors (Lipinski definition) is 5.